The van der Waals surface area contributed by atoms with Gasteiger partial charge in [-0.2, -0.15) is 0 Å². The van der Waals surface area contributed by atoms with Gasteiger partial charge in [-0.05, 0) is 18.6 Å². The number of anilines is 1. The predicted octanol–water partition coefficient (Wildman–Crippen LogP) is 1.32. The summed E-state index contributed by atoms with van der Waals surface area (Å²) >= 11 is 0. The fourth-order valence-corrected chi connectivity index (χ4v) is 1.59. The van der Waals surface area contributed by atoms with Crippen molar-refractivity contribution in [1.29, 1.82) is 0 Å². The van der Waals surface area contributed by atoms with E-state index in [-0.39, 0.29) is 6.42 Å². The molecule has 0 spiro atoms. The first kappa shape index (κ1) is 12.5. The van der Waals surface area contributed by atoms with E-state index in [9.17, 15) is 4.79 Å². The highest BCUT2D eigenvalue weighted by molar-refractivity contribution is 5.66. The number of carboxylic acid groups (broad SMARTS) is 1. The molecule has 0 aliphatic carbocycles. The van der Waals surface area contributed by atoms with Gasteiger partial charge in [0.05, 0.1) is 0 Å². The zero-order chi connectivity index (χ0) is 11.8. The molecule has 0 bridgehead atoms. The van der Waals surface area contributed by atoms with Gasteiger partial charge < -0.3 is 15.7 Å². The highest BCUT2D eigenvalue weighted by Crippen LogP contribution is 2.13. The number of hydrogen-bond acceptors (Lipinski definition) is 3. The Bertz CT molecular complexity index is 314. The zero-order valence-corrected chi connectivity index (χ0v) is 9.30. The van der Waals surface area contributed by atoms with Crippen molar-refractivity contribution in [2.45, 2.75) is 12.8 Å². The quantitative estimate of drug-likeness (QED) is 0.730. The molecule has 4 nitrogen and oxygen atoms in total. The van der Waals surface area contributed by atoms with Gasteiger partial charge in [0.1, 0.15) is 0 Å². The van der Waals surface area contributed by atoms with Gasteiger partial charge in [-0.15, -0.1) is 0 Å². The first-order valence-corrected chi connectivity index (χ1v) is 5.46. The van der Waals surface area contributed by atoms with Crippen molar-refractivity contribution >= 4 is 11.7 Å². The molecular formula is C12H18N2O2. The fraction of sp³-hybridized carbons (Fsp3) is 0.417. The average molecular weight is 222 g/mol. The molecule has 0 heterocycles. The van der Waals surface area contributed by atoms with Crippen LogP contribution in [0.3, 0.4) is 0 Å². The molecule has 4 heteroatoms. The van der Waals surface area contributed by atoms with Crippen LogP contribution in [0.2, 0.25) is 0 Å². The van der Waals surface area contributed by atoms with Gasteiger partial charge in [0.15, 0.2) is 0 Å². The lowest BCUT2D eigenvalue weighted by molar-refractivity contribution is -0.137. The Morgan fingerprint density at radius 1 is 1.25 bits per heavy atom. The zero-order valence-electron chi connectivity index (χ0n) is 9.30. The second-order valence-electron chi connectivity index (χ2n) is 3.61. The monoisotopic (exact) mass is 222 g/mol. The summed E-state index contributed by atoms with van der Waals surface area (Å²) in [5.41, 5.74) is 6.64. The summed E-state index contributed by atoms with van der Waals surface area (Å²) in [4.78, 5) is 12.5. The van der Waals surface area contributed by atoms with E-state index < -0.39 is 5.97 Å². The first-order chi connectivity index (χ1) is 7.74. The molecule has 0 atom stereocenters. The molecule has 88 valence electrons. The lowest BCUT2D eigenvalue weighted by Crippen LogP contribution is -2.30. The van der Waals surface area contributed by atoms with E-state index >= 15 is 0 Å². The summed E-state index contributed by atoms with van der Waals surface area (Å²) in [6, 6.07) is 9.92. The molecule has 0 aliphatic heterocycles. The highest BCUT2D eigenvalue weighted by Gasteiger charge is 2.05. The summed E-state index contributed by atoms with van der Waals surface area (Å²) in [5.74, 6) is -0.749. The number of rotatable bonds is 7. The molecule has 1 rings (SSSR count). The van der Waals surface area contributed by atoms with Gasteiger partial charge in [-0.3, -0.25) is 4.79 Å². The molecule has 0 aromatic heterocycles. The van der Waals surface area contributed by atoms with Crippen molar-refractivity contribution < 1.29 is 9.90 Å². The van der Waals surface area contributed by atoms with Crippen molar-refractivity contribution in [2.24, 2.45) is 5.73 Å². The average Bonchev–Trinajstić information content (AvgIpc) is 2.29. The standard InChI is InChI=1S/C12H18N2O2/c13-8-10-14(9-4-7-12(15)16)11-5-2-1-3-6-11/h1-3,5-6H,4,7-10,13H2,(H,15,16). The van der Waals surface area contributed by atoms with Crippen molar-refractivity contribution in [2.75, 3.05) is 24.5 Å². The molecule has 0 fully saturated rings. The number of para-hydroxylation sites is 1. The summed E-state index contributed by atoms with van der Waals surface area (Å²) in [6.07, 6.45) is 0.845. The van der Waals surface area contributed by atoms with Crippen LogP contribution in [0.4, 0.5) is 5.69 Å². The molecule has 0 saturated carbocycles. The second-order valence-corrected chi connectivity index (χ2v) is 3.61. The molecule has 3 N–H and O–H groups in total. The van der Waals surface area contributed by atoms with E-state index in [1.165, 1.54) is 0 Å². The normalized spacial score (nSPS) is 10.1. The maximum Gasteiger partial charge on any atom is 0.303 e. The van der Waals surface area contributed by atoms with Crippen molar-refractivity contribution in [3.63, 3.8) is 0 Å². The molecule has 1 aromatic rings. The summed E-state index contributed by atoms with van der Waals surface area (Å²) < 4.78 is 0. The van der Waals surface area contributed by atoms with Gasteiger partial charge in [-0.25, -0.2) is 0 Å². The topological polar surface area (TPSA) is 66.6 Å². The molecule has 0 radical (unpaired) electrons. The van der Waals surface area contributed by atoms with Gasteiger partial charge in [0.2, 0.25) is 0 Å². The number of carboxylic acids is 1. The van der Waals surface area contributed by atoms with E-state index in [4.69, 9.17) is 10.8 Å². The SMILES string of the molecule is NCCN(CCCC(=O)O)c1ccccc1. The van der Waals surface area contributed by atoms with Crippen molar-refractivity contribution in [3.8, 4) is 0 Å². The van der Waals surface area contributed by atoms with Gasteiger partial charge in [0.25, 0.3) is 0 Å². The van der Waals surface area contributed by atoms with Crippen LogP contribution >= 0.6 is 0 Å². The van der Waals surface area contributed by atoms with E-state index in [0.717, 1.165) is 18.8 Å². The minimum Gasteiger partial charge on any atom is -0.481 e. The maximum atomic E-state index is 10.4. The maximum absolute atomic E-state index is 10.4. The Balaban J connectivity index is 2.51. The third-order valence-corrected chi connectivity index (χ3v) is 2.34. The Morgan fingerprint density at radius 2 is 1.94 bits per heavy atom. The van der Waals surface area contributed by atoms with Crippen LogP contribution in [0.5, 0.6) is 0 Å². The fourth-order valence-electron chi connectivity index (χ4n) is 1.59. The second kappa shape index (κ2) is 6.85. The largest absolute Gasteiger partial charge is 0.481 e. The Hall–Kier alpha value is -1.55. The van der Waals surface area contributed by atoms with Crippen LogP contribution in [0.1, 0.15) is 12.8 Å². The van der Waals surface area contributed by atoms with Crippen LogP contribution in [0, 0.1) is 0 Å². The van der Waals surface area contributed by atoms with E-state index in [0.29, 0.717) is 13.0 Å². The summed E-state index contributed by atoms with van der Waals surface area (Å²) in [6.45, 7) is 2.05. The molecule has 0 unspecified atom stereocenters. The third-order valence-electron chi connectivity index (χ3n) is 2.34. The smallest absolute Gasteiger partial charge is 0.303 e. The van der Waals surface area contributed by atoms with Crippen molar-refractivity contribution in [1.82, 2.24) is 0 Å². The molecule has 1 aromatic carbocycles. The minimum atomic E-state index is -0.749. The van der Waals surface area contributed by atoms with Crippen LogP contribution in [-0.2, 0) is 4.79 Å². The molecule has 16 heavy (non-hydrogen) atoms. The van der Waals surface area contributed by atoms with Crippen LogP contribution < -0.4 is 10.6 Å². The number of benzene rings is 1. The molecule has 0 saturated heterocycles. The number of carbonyl (C=O) groups is 1. The summed E-state index contributed by atoms with van der Waals surface area (Å²) in [7, 11) is 0. The number of aliphatic carboxylic acids is 1. The third kappa shape index (κ3) is 4.31. The Morgan fingerprint density at radius 3 is 2.50 bits per heavy atom. The minimum absolute atomic E-state index is 0.202. The molecule has 0 amide bonds. The molecule has 0 aliphatic rings. The number of nitrogens with two attached hydrogens (primary N) is 1. The molecular weight excluding hydrogens is 204 g/mol. The van der Waals surface area contributed by atoms with Crippen molar-refractivity contribution in [3.05, 3.63) is 30.3 Å². The lowest BCUT2D eigenvalue weighted by Gasteiger charge is -2.23. The van der Waals surface area contributed by atoms with Gasteiger partial charge in [-0.1, -0.05) is 18.2 Å². The predicted molar refractivity (Wildman–Crippen MR) is 64.6 cm³/mol. The summed E-state index contributed by atoms with van der Waals surface area (Å²) in [5, 5.41) is 8.58. The van der Waals surface area contributed by atoms with E-state index in [1.807, 2.05) is 30.3 Å². The number of nitrogens with zero attached hydrogens (tertiary/aromatic N) is 1. The highest BCUT2D eigenvalue weighted by atomic mass is 16.4. The van der Waals surface area contributed by atoms with Gasteiger partial charge in [0, 0.05) is 31.7 Å². The first-order valence-electron chi connectivity index (χ1n) is 5.46. The van der Waals surface area contributed by atoms with E-state index in [2.05, 4.69) is 4.90 Å². The van der Waals surface area contributed by atoms with Crippen LogP contribution in [0.25, 0.3) is 0 Å². The lowest BCUT2D eigenvalue weighted by atomic mass is 10.2. The van der Waals surface area contributed by atoms with Gasteiger partial charge >= 0.3 is 5.97 Å². The number of hydrogen-bond donors (Lipinski definition) is 2. The van der Waals surface area contributed by atoms with E-state index in [1.54, 1.807) is 0 Å². The van der Waals surface area contributed by atoms with Crippen LogP contribution in [0.15, 0.2) is 30.3 Å². The van der Waals surface area contributed by atoms with Crippen LogP contribution in [-0.4, -0.2) is 30.7 Å². The Kier molecular flexibility index (Phi) is 5.36. The Labute approximate surface area is 95.7 Å².